The Balaban J connectivity index is 1.38. The van der Waals surface area contributed by atoms with Crippen molar-refractivity contribution in [3.8, 4) is 0 Å². The normalized spacial score (nSPS) is 25.4. The predicted octanol–water partition coefficient (Wildman–Crippen LogP) is 4.31. The first-order valence-electron chi connectivity index (χ1n) is 10.7. The topological polar surface area (TPSA) is 53.4 Å². The van der Waals surface area contributed by atoms with Crippen molar-refractivity contribution in [2.45, 2.75) is 40.0 Å². The summed E-state index contributed by atoms with van der Waals surface area (Å²) in [5.74, 6) is 3.45. The lowest BCUT2D eigenvalue weighted by Crippen LogP contribution is -2.27. The highest BCUT2D eigenvalue weighted by Crippen LogP contribution is 2.51. The van der Waals surface area contributed by atoms with Gasteiger partial charge in [-0.25, -0.2) is 0 Å². The number of aromatic nitrogens is 2. The van der Waals surface area contributed by atoms with E-state index in [2.05, 4.69) is 51.4 Å². The summed E-state index contributed by atoms with van der Waals surface area (Å²) in [5.41, 5.74) is 3.15. The molecule has 5 nitrogen and oxygen atoms in total. The highest BCUT2D eigenvalue weighted by atomic mass is 15.2. The summed E-state index contributed by atoms with van der Waals surface area (Å²) < 4.78 is 0. The van der Waals surface area contributed by atoms with Gasteiger partial charge in [-0.15, -0.1) is 10.2 Å². The van der Waals surface area contributed by atoms with Crippen molar-refractivity contribution in [3.05, 3.63) is 35.6 Å². The largest absolute Gasteiger partial charge is 0.368 e. The van der Waals surface area contributed by atoms with Gasteiger partial charge in [0.15, 0.2) is 0 Å². The lowest BCUT2D eigenvalue weighted by molar-refractivity contribution is 0.285. The molecule has 3 rings (SSSR count). The van der Waals surface area contributed by atoms with Gasteiger partial charge in [0.2, 0.25) is 0 Å². The van der Waals surface area contributed by atoms with Crippen molar-refractivity contribution in [2.24, 2.45) is 22.7 Å². The van der Waals surface area contributed by atoms with Gasteiger partial charge in [0.05, 0.1) is 5.69 Å². The van der Waals surface area contributed by atoms with E-state index in [1.54, 1.807) is 7.05 Å². The van der Waals surface area contributed by atoms with E-state index in [0.717, 1.165) is 53.4 Å². The fraction of sp³-hybridized carbons (Fsp3) is 0.609. The van der Waals surface area contributed by atoms with E-state index >= 15 is 0 Å². The highest BCUT2D eigenvalue weighted by Gasteiger charge is 2.54. The van der Waals surface area contributed by atoms with Crippen molar-refractivity contribution in [1.82, 2.24) is 15.1 Å². The summed E-state index contributed by atoms with van der Waals surface area (Å²) >= 11 is 0. The quantitative estimate of drug-likeness (QED) is 0.373. The van der Waals surface area contributed by atoms with E-state index in [1.165, 1.54) is 32.5 Å². The lowest BCUT2D eigenvalue weighted by atomic mass is 10.1. The number of nitrogens with zero attached hydrogens (tertiary/aromatic N) is 4. The number of hydrogen-bond acceptors (Lipinski definition) is 5. The molecule has 1 aromatic rings. The van der Waals surface area contributed by atoms with Crippen LogP contribution in [-0.4, -0.2) is 54.5 Å². The van der Waals surface area contributed by atoms with Crippen LogP contribution in [0.25, 0.3) is 5.57 Å². The third-order valence-electron chi connectivity index (χ3n) is 6.18. The van der Waals surface area contributed by atoms with E-state index in [0.29, 0.717) is 0 Å². The second-order valence-electron chi connectivity index (χ2n) is 8.15. The van der Waals surface area contributed by atoms with Gasteiger partial charge in [0, 0.05) is 32.9 Å². The summed E-state index contributed by atoms with van der Waals surface area (Å²) in [4.78, 5) is 6.72. The Labute approximate surface area is 170 Å². The molecule has 0 bridgehead atoms. The van der Waals surface area contributed by atoms with Crippen LogP contribution in [0.15, 0.2) is 34.9 Å². The Morgan fingerprint density at radius 3 is 2.64 bits per heavy atom. The number of hydrogen-bond donors (Lipinski definition) is 1. The van der Waals surface area contributed by atoms with Crippen LogP contribution in [0.3, 0.4) is 0 Å². The van der Waals surface area contributed by atoms with Gasteiger partial charge in [-0.2, -0.15) is 0 Å². The van der Waals surface area contributed by atoms with Gasteiger partial charge in [-0.3, -0.25) is 4.99 Å². The van der Waals surface area contributed by atoms with E-state index < -0.39 is 0 Å². The second-order valence-corrected chi connectivity index (χ2v) is 8.15. The molecule has 2 unspecified atom stereocenters. The van der Waals surface area contributed by atoms with Crippen molar-refractivity contribution < 1.29 is 0 Å². The molecular weight excluding hydrogens is 346 g/mol. The van der Waals surface area contributed by atoms with Crippen LogP contribution in [0, 0.1) is 17.8 Å². The molecule has 5 heteroatoms. The van der Waals surface area contributed by atoms with Gasteiger partial charge < -0.3 is 10.2 Å². The number of allylic oxidation sites excluding steroid dienone is 4. The fourth-order valence-electron chi connectivity index (χ4n) is 4.28. The van der Waals surface area contributed by atoms with Crippen molar-refractivity contribution in [2.75, 3.05) is 38.5 Å². The van der Waals surface area contributed by atoms with Crippen LogP contribution >= 0.6 is 0 Å². The average Bonchev–Trinajstić information content (AvgIpc) is 3.16. The fourth-order valence-corrected chi connectivity index (χ4v) is 4.28. The number of piperidine rings is 1. The molecule has 1 N–H and O–H groups in total. The number of likely N-dealkylation sites (tertiary alicyclic amines) is 1. The molecule has 0 spiro atoms. The van der Waals surface area contributed by atoms with E-state index in [9.17, 15) is 0 Å². The molecule has 0 aromatic carbocycles. The van der Waals surface area contributed by atoms with Gasteiger partial charge in [0.1, 0.15) is 5.82 Å². The molecule has 1 aromatic heterocycles. The molecule has 152 valence electrons. The third-order valence-corrected chi connectivity index (χ3v) is 6.18. The summed E-state index contributed by atoms with van der Waals surface area (Å²) in [7, 11) is 1.78. The number of nitrogens with one attached hydrogen (secondary N) is 1. The number of anilines is 1. The molecule has 1 aliphatic heterocycles. The molecule has 1 saturated carbocycles. The van der Waals surface area contributed by atoms with Gasteiger partial charge in [-0.05, 0) is 80.7 Å². The SMILES string of the molecule is CC/C=C\CCCN1CC2C(CNc3ccc(/C(C)=C(\C)C=NC)nn3)C2C1. The predicted molar refractivity (Wildman–Crippen MR) is 119 cm³/mol. The molecule has 1 saturated heterocycles. The Hall–Kier alpha value is -2.01. The van der Waals surface area contributed by atoms with Crippen molar-refractivity contribution in [1.29, 1.82) is 0 Å². The monoisotopic (exact) mass is 381 g/mol. The molecule has 0 amide bonds. The molecule has 2 fully saturated rings. The molecule has 1 aliphatic carbocycles. The maximum absolute atomic E-state index is 4.37. The summed E-state index contributed by atoms with van der Waals surface area (Å²) in [6.07, 6.45) is 10.1. The van der Waals surface area contributed by atoms with Crippen LogP contribution in [0.4, 0.5) is 5.82 Å². The minimum Gasteiger partial charge on any atom is -0.368 e. The Morgan fingerprint density at radius 2 is 2.00 bits per heavy atom. The first-order valence-corrected chi connectivity index (χ1v) is 10.7. The standard InChI is InChI=1S/C23H35N5/c1-5-6-7-8-9-12-28-15-20-19(21(20)16-28)14-25-23-11-10-22(26-27-23)18(3)17(2)13-24-4/h6-7,10-11,13,19-21H,5,8-9,12,14-16H2,1-4H3,(H,25,27)/b7-6-,18-17+,24-13?. The smallest absolute Gasteiger partial charge is 0.148 e. The molecule has 28 heavy (non-hydrogen) atoms. The number of rotatable bonds is 10. The van der Waals surface area contributed by atoms with E-state index in [1.807, 2.05) is 25.3 Å². The first kappa shape index (κ1) is 20.7. The van der Waals surface area contributed by atoms with Gasteiger partial charge in [-0.1, -0.05) is 19.1 Å². The molecule has 2 atom stereocenters. The zero-order valence-corrected chi connectivity index (χ0v) is 17.9. The lowest BCUT2D eigenvalue weighted by Gasteiger charge is -2.19. The second kappa shape index (κ2) is 9.97. The minimum atomic E-state index is 0.808. The summed E-state index contributed by atoms with van der Waals surface area (Å²) in [6.45, 7) is 11.1. The summed E-state index contributed by atoms with van der Waals surface area (Å²) in [5, 5.41) is 12.2. The maximum atomic E-state index is 4.37. The Morgan fingerprint density at radius 1 is 1.21 bits per heavy atom. The van der Waals surface area contributed by atoms with Gasteiger partial charge >= 0.3 is 0 Å². The molecule has 2 heterocycles. The maximum Gasteiger partial charge on any atom is 0.148 e. The average molecular weight is 382 g/mol. The minimum absolute atomic E-state index is 0.808. The van der Waals surface area contributed by atoms with Crippen molar-refractivity contribution >= 4 is 17.6 Å². The Kier molecular flexibility index (Phi) is 7.37. The third kappa shape index (κ3) is 5.28. The molecule has 2 aliphatic rings. The summed E-state index contributed by atoms with van der Waals surface area (Å²) in [6, 6.07) is 4.08. The Bertz CT molecular complexity index is 707. The van der Waals surface area contributed by atoms with Crippen LogP contribution in [0.1, 0.15) is 45.7 Å². The zero-order chi connectivity index (χ0) is 19.9. The number of aliphatic imine (C=N–C) groups is 1. The van der Waals surface area contributed by atoms with Crippen LogP contribution in [0.2, 0.25) is 0 Å². The number of fused-ring (bicyclic) bond motifs is 1. The molecular formula is C23H35N5. The van der Waals surface area contributed by atoms with E-state index in [-0.39, 0.29) is 0 Å². The zero-order valence-electron chi connectivity index (χ0n) is 17.9. The van der Waals surface area contributed by atoms with Gasteiger partial charge in [0.25, 0.3) is 0 Å². The highest BCUT2D eigenvalue weighted by molar-refractivity contribution is 5.88. The number of unbranched alkanes of at least 4 members (excludes halogenated alkanes) is 1. The van der Waals surface area contributed by atoms with Crippen LogP contribution < -0.4 is 5.32 Å². The van der Waals surface area contributed by atoms with Crippen LogP contribution in [-0.2, 0) is 0 Å². The first-order chi connectivity index (χ1) is 13.6. The van der Waals surface area contributed by atoms with Crippen LogP contribution in [0.5, 0.6) is 0 Å². The van der Waals surface area contributed by atoms with Crippen molar-refractivity contribution in [3.63, 3.8) is 0 Å². The molecule has 0 radical (unpaired) electrons. The van der Waals surface area contributed by atoms with E-state index in [4.69, 9.17) is 0 Å².